The summed E-state index contributed by atoms with van der Waals surface area (Å²) in [5.41, 5.74) is 3.68. The van der Waals surface area contributed by atoms with Gasteiger partial charge in [0.25, 0.3) is 0 Å². The van der Waals surface area contributed by atoms with Crippen molar-refractivity contribution in [3.05, 3.63) is 66.1 Å². The maximum atomic E-state index is 4.15. The third-order valence-electron chi connectivity index (χ3n) is 3.42. The second-order valence-electron chi connectivity index (χ2n) is 4.79. The molecule has 0 bridgehead atoms. The Balaban J connectivity index is 1.68. The summed E-state index contributed by atoms with van der Waals surface area (Å²) in [6.45, 7) is 3.01. The van der Waals surface area contributed by atoms with Crippen molar-refractivity contribution >= 4 is 10.9 Å². The Morgan fingerprint density at radius 2 is 2.21 bits per heavy atom. The van der Waals surface area contributed by atoms with Crippen LogP contribution in [-0.2, 0) is 6.54 Å². The lowest BCUT2D eigenvalue weighted by atomic mass is 10.1. The number of rotatable bonds is 4. The lowest BCUT2D eigenvalue weighted by Crippen LogP contribution is -2.18. The molecule has 3 nitrogen and oxygen atoms in total. The van der Waals surface area contributed by atoms with Crippen LogP contribution in [0.25, 0.3) is 10.9 Å². The van der Waals surface area contributed by atoms with Crippen molar-refractivity contribution < 1.29 is 0 Å². The van der Waals surface area contributed by atoms with E-state index in [9.17, 15) is 0 Å². The molecule has 0 saturated carbocycles. The van der Waals surface area contributed by atoms with Crippen LogP contribution in [0.15, 0.2) is 55.0 Å². The minimum atomic E-state index is 0.299. The van der Waals surface area contributed by atoms with Gasteiger partial charge < -0.3 is 10.3 Å². The highest BCUT2D eigenvalue weighted by Crippen LogP contribution is 2.15. The van der Waals surface area contributed by atoms with Crippen LogP contribution < -0.4 is 5.32 Å². The summed E-state index contributed by atoms with van der Waals surface area (Å²) in [4.78, 5) is 7.39. The highest BCUT2D eigenvalue weighted by Gasteiger charge is 2.04. The van der Waals surface area contributed by atoms with Crippen LogP contribution in [0, 0.1) is 0 Å². The van der Waals surface area contributed by atoms with Gasteiger partial charge in [-0.1, -0.05) is 18.2 Å². The molecule has 3 heteroatoms. The van der Waals surface area contributed by atoms with Gasteiger partial charge in [0.15, 0.2) is 0 Å². The summed E-state index contributed by atoms with van der Waals surface area (Å²) in [7, 11) is 0. The van der Waals surface area contributed by atoms with Crippen LogP contribution in [0.5, 0.6) is 0 Å². The summed E-state index contributed by atoms with van der Waals surface area (Å²) in [5, 5.41) is 4.77. The average Bonchev–Trinajstić information content (AvgIpc) is 2.93. The normalized spacial score (nSPS) is 12.7. The van der Waals surface area contributed by atoms with Gasteiger partial charge in [0, 0.05) is 36.7 Å². The molecule has 0 aliphatic carbocycles. The van der Waals surface area contributed by atoms with Gasteiger partial charge in [-0.15, -0.1) is 0 Å². The molecule has 0 amide bonds. The van der Waals surface area contributed by atoms with Crippen molar-refractivity contribution in [2.45, 2.75) is 19.5 Å². The van der Waals surface area contributed by atoms with Crippen LogP contribution >= 0.6 is 0 Å². The van der Waals surface area contributed by atoms with Gasteiger partial charge in [0.2, 0.25) is 0 Å². The Morgan fingerprint density at radius 3 is 3.05 bits per heavy atom. The Morgan fingerprint density at radius 1 is 1.26 bits per heavy atom. The highest BCUT2D eigenvalue weighted by molar-refractivity contribution is 5.79. The van der Waals surface area contributed by atoms with E-state index in [4.69, 9.17) is 0 Å². The lowest BCUT2D eigenvalue weighted by Gasteiger charge is -2.13. The van der Waals surface area contributed by atoms with Gasteiger partial charge in [-0.3, -0.25) is 4.98 Å². The topological polar surface area (TPSA) is 40.7 Å². The predicted molar refractivity (Wildman–Crippen MR) is 77.8 cm³/mol. The Bertz CT molecular complexity index is 658. The van der Waals surface area contributed by atoms with E-state index >= 15 is 0 Å². The van der Waals surface area contributed by atoms with E-state index in [0.717, 1.165) is 6.54 Å². The number of pyridine rings is 1. The minimum Gasteiger partial charge on any atom is -0.361 e. The maximum Gasteiger partial charge on any atom is 0.0457 e. The van der Waals surface area contributed by atoms with Crippen LogP contribution in [0.3, 0.4) is 0 Å². The van der Waals surface area contributed by atoms with Crippen molar-refractivity contribution in [1.82, 2.24) is 15.3 Å². The summed E-state index contributed by atoms with van der Waals surface area (Å²) >= 11 is 0. The SMILES string of the molecule is CC(NCc1ccc2cc[nH]c2c1)c1cccnc1. The maximum absolute atomic E-state index is 4.15. The van der Waals surface area contributed by atoms with Crippen LogP contribution in [0.2, 0.25) is 0 Å². The second kappa shape index (κ2) is 5.24. The van der Waals surface area contributed by atoms with Crippen molar-refractivity contribution in [3.8, 4) is 0 Å². The number of hydrogen-bond donors (Lipinski definition) is 2. The monoisotopic (exact) mass is 251 g/mol. The number of fused-ring (bicyclic) bond motifs is 1. The summed E-state index contributed by atoms with van der Waals surface area (Å²) in [6.07, 6.45) is 5.68. The molecule has 2 aromatic heterocycles. The Kier molecular flexibility index (Phi) is 3.29. The van der Waals surface area contributed by atoms with Crippen molar-refractivity contribution in [2.24, 2.45) is 0 Å². The van der Waals surface area contributed by atoms with Crippen LogP contribution in [-0.4, -0.2) is 9.97 Å². The number of benzene rings is 1. The molecule has 19 heavy (non-hydrogen) atoms. The summed E-state index contributed by atoms with van der Waals surface area (Å²) < 4.78 is 0. The molecule has 96 valence electrons. The number of hydrogen-bond acceptors (Lipinski definition) is 2. The highest BCUT2D eigenvalue weighted by atomic mass is 14.9. The van der Waals surface area contributed by atoms with Gasteiger partial charge in [0.05, 0.1) is 0 Å². The fourth-order valence-corrected chi connectivity index (χ4v) is 2.23. The predicted octanol–water partition coefficient (Wildman–Crippen LogP) is 3.41. The average molecular weight is 251 g/mol. The Hall–Kier alpha value is -2.13. The first-order valence-corrected chi connectivity index (χ1v) is 6.52. The van der Waals surface area contributed by atoms with E-state index in [-0.39, 0.29) is 0 Å². The summed E-state index contributed by atoms with van der Waals surface area (Å²) in [5.74, 6) is 0. The smallest absolute Gasteiger partial charge is 0.0457 e. The first kappa shape index (κ1) is 11.9. The van der Waals surface area contributed by atoms with Gasteiger partial charge in [0.1, 0.15) is 0 Å². The zero-order chi connectivity index (χ0) is 13.1. The van der Waals surface area contributed by atoms with E-state index in [1.54, 1.807) is 6.20 Å². The number of aromatic amines is 1. The van der Waals surface area contributed by atoms with Crippen LogP contribution in [0.4, 0.5) is 0 Å². The molecule has 0 saturated heterocycles. The third kappa shape index (κ3) is 2.66. The molecular formula is C16H17N3. The fourth-order valence-electron chi connectivity index (χ4n) is 2.23. The van der Waals surface area contributed by atoms with Crippen LogP contribution in [0.1, 0.15) is 24.1 Å². The van der Waals surface area contributed by atoms with E-state index in [0.29, 0.717) is 6.04 Å². The van der Waals surface area contributed by atoms with E-state index in [1.807, 2.05) is 18.5 Å². The Labute approximate surface area is 112 Å². The molecule has 0 fully saturated rings. The molecule has 2 heterocycles. The summed E-state index contributed by atoms with van der Waals surface area (Å²) in [6, 6.07) is 13.0. The van der Waals surface area contributed by atoms with Gasteiger partial charge >= 0.3 is 0 Å². The van der Waals surface area contributed by atoms with Gasteiger partial charge in [-0.25, -0.2) is 0 Å². The molecular weight excluding hydrogens is 234 g/mol. The molecule has 1 unspecified atom stereocenters. The first-order valence-electron chi connectivity index (χ1n) is 6.52. The molecule has 0 radical (unpaired) electrons. The molecule has 3 rings (SSSR count). The molecule has 0 aliphatic heterocycles. The lowest BCUT2D eigenvalue weighted by molar-refractivity contribution is 0.573. The molecule has 0 aliphatic rings. The van der Waals surface area contributed by atoms with E-state index in [1.165, 1.54) is 22.0 Å². The first-order chi connectivity index (χ1) is 9.33. The largest absolute Gasteiger partial charge is 0.361 e. The molecule has 3 aromatic rings. The number of nitrogens with one attached hydrogen (secondary N) is 2. The molecule has 1 atom stereocenters. The van der Waals surface area contributed by atoms with Gasteiger partial charge in [-0.05, 0) is 41.6 Å². The van der Waals surface area contributed by atoms with E-state index < -0.39 is 0 Å². The second-order valence-corrected chi connectivity index (χ2v) is 4.79. The fraction of sp³-hybridized carbons (Fsp3) is 0.188. The minimum absolute atomic E-state index is 0.299. The zero-order valence-corrected chi connectivity index (χ0v) is 10.9. The number of H-pyrrole nitrogens is 1. The number of nitrogens with zero attached hydrogens (tertiary/aromatic N) is 1. The van der Waals surface area contributed by atoms with Crippen molar-refractivity contribution in [1.29, 1.82) is 0 Å². The van der Waals surface area contributed by atoms with Gasteiger partial charge in [-0.2, -0.15) is 0 Å². The molecule has 2 N–H and O–H groups in total. The third-order valence-corrected chi connectivity index (χ3v) is 3.42. The standard InChI is InChI=1S/C16H17N3/c1-12(15-3-2-7-17-11-15)19-10-13-4-5-14-6-8-18-16(14)9-13/h2-9,11-12,18-19H,10H2,1H3. The zero-order valence-electron chi connectivity index (χ0n) is 10.9. The molecule has 1 aromatic carbocycles. The quantitative estimate of drug-likeness (QED) is 0.746. The molecule has 0 spiro atoms. The number of aromatic nitrogens is 2. The van der Waals surface area contributed by atoms with E-state index in [2.05, 4.69) is 52.5 Å². The van der Waals surface area contributed by atoms with Crippen molar-refractivity contribution in [3.63, 3.8) is 0 Å². The van der Waals surface area contributed by atoms with Crippen molar-refractivity contribution in [2.75, 3.05) is 0 Å².